The van der Waals surface area contributed by atoms with Gasteiger partial charge in [-0.05, 0) is 50.0 Å². The van der Waals surface area contributed by atoms with Gasteiger partial charge in [-0.15, -0.1) is 11.3 Å². The van der Waals surface area contributed by atoms with Gasteiger partial charge in [-0.25, -0.2) is 0 Å². The Labute approximate surface area is 118 Å². The largest absolute Gasteiger partial charge is 0.335 e. The van der Waals surface area contributed by atoms with Crippen LogP contribution in [0.2, 0.25) is 0 Å². The molecule has 1 atom stereocenters. The lowest BCUT2D eigenvalue weighted by atomic mass is 9.85. The van der Waals surface area contributed by atoms with Crippen molar-refractivity contribution >= 4 is 17.2 Å². The van der Waals surface area contributed by atoms with E-state index in [-0.39, 0.29) is 5.92 Å². The van der Waals surface area contributed by atoms with Crippen molar-refractivity contribution in [3.63, 3.8) is 0 Å². The molecule has 1 saturated carbocycles. The molecule has 2 heterocycles. The van der Waals surface area contributed by atoms with Gasteiger partial charge >= 0.3 is 0 Å². The second-order valence-electron chi connectivity index (χ2n) is 5.82. The number of carbonyl (C=O) groups is 1. The van der Waals surface area contributed by atoms with Crippen molar-refractivity contribution < 1.29 is 4.79 Å². The molecule has 2 fully saturated rings. The van der Waals surface area contributed by atoms with Crippen molar-refractivity contribution in [3.05, 3.63) is 22.4 Å². The van der Waals surface area contributed by atoms with Crippen molar-refractivity contribution in [3.8, 4) is 0 Å². The van der Waals surface area contributed by atoms with Gasteiger partial charge in [0.2, 0.25) is 5.91 Å². The lowest BCUT2D eigenvalue weighted by Crippen LogP contribution is -2.39. The first kappa shape index (κ1) is 13.1. The van der Waals surface area contributed by atoms with E-state index in [1.54, 1.807) is 11.3 Å². The molecular weight excluding hydrogens is 256 g/mol. The average Bonchev–Trinajstić information content (AvgIpc) is 3.09. The summed E-state index contributed by atoms with van der Waals surface area (Å²) in [6.45, 7) is 0.934. The van der Waals surface area contributed by atoms with Crippen LogP contribution in [0.4, 0.5) is 0 Å². The number of nitrogens with two attached hydrogens (primary N) is 1. The zero-order chi connectivity index (χ0) is 13.2. The van der Waals surface area contributed by atoms with Crippen molar-refractivity contribution in [2.45, 2.75) is 50.6 Å². The summed E-state index contributed by atoms with van der Waals surface area (Å²) in [5.74, 6) is 0.600. The lowest BCUT2D eigenvalue weighted by molar-refractivity contribution is -0.137. The summed E-state index contributed by atoms with van der Waals surface area (Å²) in [4.78, 5) is 16.2. The highest BCUT2D eigenvalue weighted by atomic mass is 32.1. The predicted octanol–water partition coefficient (Wildman–Crippen LogP) is 2.93. The van der Waals surface area contributed by atoms with Crippen molar-refractivity contribution in [1.82, 2.24) is 4.90 Å². The SMILES string of the molecule is NC1CCC(C(=O)N2CCCC2c2cccs2)CC1. The van der Waals surface area contributed by atoms with E-state index in [4.69, 9.17) is 5.73 Å². The Kier molecular flexibility index (Phi) is 3.89. The Balaban J connectivity index is 1.69. The van der Waals surface area contributed by atoms with Gasteiger partial charge in [0.15, 0.2) is 0 Å². The van der Waals surface area contributed by atoms with E-state index in [1.165, 1.54) is 4.88 Å². The molecule has 4 heteroatoms. The molecule has 1 aliphatic heterocycles. The molecule has 3 nitrogen and oxygen atoms in total. The van der Waals surface area contributed by atoms with Gasteiger partial charge in [0.1, 0.15) is 0 Å². The van der Waals surface area contributed by atoms with Gasteiger partial charge in [0.05, 0.1) is 6.04 Å². The first-order valence-corrected chi connectivity index (χ1v) is 8.23. The number of hydrogen-bond donors (Lipinski definition) is 1. The maximum atomic E-state index is 12.7. The van der Waals surface area contributed by atoms with Crippen LogP contribution in [0.15, 0.2) is 17.5 Å². The molecule has 2 aliphatic rings. The first-order valence-electron chi connectivity index (χ1n) is 7.35. The summed E-state index contributed by atoms with van der Waals surface area (Å²) in [5, 5.41) is 2.11. The van der Waals surface area contributed by atoms with E-state index < -0.39 is 0 Å². The van der Waals surface area contributed by atoms with E-state index >= 15 is 0 Å². The molecule has 0 aromatic carbocycles. The maximum Gasteiger partial charge on any atom is 0.226 e. The van der Waals surface area contributed by atoms with Gasteiger partial charge in [-0.1, -0.05) is 6.07 Å². The van der Waals surface area contributed by atoms with Crippen LogP contribution in [0.25, 0.3) is 0 Å². The van der Waals surface area contributed by atoms with Gasteiger partial charge in [-0.2, -0.15) is 0 Å². The monoisotopic (exact) mass is 278 g/mol. The number of thiophene rings is 1. The molecule has 2 N–H and O–H groups in total. The molecule has 1 amide bonds. The third-order valence-electron chi connectivity index (χ3n) is 4.53. The highest BCUT2D eigenvalue weighted by Crippen LogP contribution is 2.37. The number of rotatable bonds is 2. The summed E-state index contributed by atoms with van der Waals surface area (Å²) in [6, 6.07) is 4.90. The highest BCUT2D eigenvalue weighted by Gasteiger charge is 2.35. The van der Waals surface area contributed by atoms with Crippen LogP contribution < -0.4 is 5.73 Å². The smallest absolute Gasteiger partial charge is 0.226 e. The molecule has 0 radical (unpaired) electrons. The minimum atomic E-state index is 0.223. The molecule has 1 unspecified atom stereocenters. The fourth-order valence-electron chi connectivity index (χ4n) is 3.41. The maximum absolute atomic E-state index is 12.7. The van der Waals surface area contributed by atoms with Gasteiger partial charge in [0.25, 0.3) is 0 Å². The van der Waals surface area contributed by atoms with Crippen LogP contribution in [-0.4, -0.2) is 23.4 Å². The Morgan fingerprint density at radius 3 is 2.74 bits per heavy atom. The molecule has 104 valence electrons. The van der Waals surface area contributed by atoms with E-state index in [0.29, 0.717) is 18.0 Å². The zero-order valence-corrected chi connectivity index (χ0v) is 12.1. The van der Waals surface area contributed by atoms with E-state index in [9.17, 15) is 4.79 Å². The van der Waals surface area contributed by atoms with Crippen molar-refractivity contribution in [2.75, 3.05) is 6.54 Å². The second kappa shape index (κ2) is 5.63. The van der Waals surface area contributed by atoms with Gasteiger partial charge in [0, 0.05) is 23.4 Å². The van der Waals surface area contributed by atoms with Crippen LogP contribution in [0.3, 0.4) is 0 Å². The number of nitrogens with zero attached hydrogens (tertiary/aromatic N) is 1. The first-order chi connectivity index (χ1) is 9.25. The lowest BCUT2D eigenvalue weighted by Gasteiger charge is -2.31. The zero-order valence-electron chi connectivity index (χ0n) is 11.3. The Bertz CT molecular complexity index is 423. The van der Waals surface area contributed by atoms with Crippen molar-refractivity contribution in [2.24, 2.45) is 11.7 Å². The highest BCUT2D eigenvalue weighted by molar-refractivity contribution is 7.10. The predicted molar refractivity (Wildman–Crippen MR) is 77.9 cm³/mol. The van der Waals surface area contributed by atoms with Crippen LogP contribution in [-0.2, 0) is 4.79 Å². The molecule has 1 aromatic rings. The third kappa shape index (κ3) is 2.70. The van der Waals surface area contributed by atoms with Crippen LogP contribution >= 0.6 is 11.3 Å². The number of hydrogen-bond acceptors (Lipinski definition) is 3. The summed E-state index contributed by atoms with van der Waals surface area (Å²) >= 11 is 1.77. The van der Waals surface area contributed by atoms with Crippen LogP contribution in [0.5, 0.6) is 0 Å². The fourth-order valence-corrected chi connectivity index (χ4v) is 4.28. The normalized spacial score (nSPS) is 31.6. The summed E-state index contributed by atoms with van der Waals surface area (Å²) in [7, 11) is 0. The quantitative estimate of drug-likeness (QED) is 0.904. The summed E-state index contributed by atoms with van der Waals surface area (Å²) in [6.07, 6.45) is 6.24. The van der Waals surface area contributed by atoms with Crippen LogP contribution in [0, 0.1) is 5.92 Å². The van der Waals surface area contributed by atoms with Crippen molar-refractivity contribution in [1.29, 1.82) is 0 Å². The molecule has 0 bridgehead atoms. The van der Waals surface area contributed by atoms with Gasteiger partial charge < -0.3 is 10.6 Å². The molecule has 19 heavy (non-hydrogen) atoms. The summed E-state index contributed by atoms with van der Waals surface area (Å²) in [5.41, 5.74) is 5.93. The summed E-state index contributed by atoms with van der Waals surface area (Å²) < 4.78 is 0. The number of amides is 1. The second-order valence-corrected chi connectivity index (χ2v) is 6.80. The van der Waals surface area contributed by atoms with Gasteiger partial charge in [-0.3, -0.25) is 4.79 Å². The Morgan fingerprint density at radius 1 is 1.26 bits per heavy atom. The molecular formula is C15H22N2OS. The molecule has 1 aliphatic carbocycles. The van der Waals surface area contributed by atoms with E-state index in [0.717, 1.165) is 45.1 Å². The minimum absolute atomic E-state index is 0.223. The topological polar surface area (TPSA) is 46.3 Å². The molecule has 3 rings (SSSR count). The Hall–Kier alpha value is -0.870. The van der Waals surface area contributed by atoms with E-state index in [2.05, 4.69) is 22.4 Å². The number of likely N-dealkylation sites (tertiary alicyclic amines) is 1. The molecule has 0 spiro atoms. The van der Waals surface area contributed by atoms with E-state index in [1.807, 2.05) is 0 Å². The molecule has 1 aromatic heterocycles. The number of carbonyl (C=O) groups excluding carboxylic acids is 1. The molecule has 1 saturated heterocycles. The standard InChI is InChI=1S/C15H22N2OS/c16-12-7-5-11(6-8-12)15(18)17-9-1-3-13(17)14-4-2-10-19-14/h2,4,10-13H,1,3,5-9,16H2. The Morgan fingerprint density at radius 2 is 2.05 bits per heavy atom. The fraction of sp³-hybridized carbons (Fsp3) is 0.667. The van der Waals surface area contributed by atoms with Crippen LogP contribution in [0.1, 0.15) is 49.4 Å². The minimum Gasteiger partial charge on any atom is -0.335 e. The average molecular weight is 278 g/mol. The third-order valence-corrected chi connectivity index (χ3v) is 5.50.